The molecule has 6 nitrogen and oxygen atoms in total. The van der Waals surface area contributed by atoms with Crippen LogP contribution in [0.25, 0.3) is 0 Å². The average Bonchev–Trinajstić information content (AvgIpc) is 2.74. The molecular weight excluding hydrogens is 491 g/mol. The van der Waals surface area contributed by atoms with Gasteiger partial charge in [-0.25, -0.2) is 9.18 Å². The quantitative estimate of drug-likeness (QED) is 0.537. The van der Waals surface area contributed by atoms with Crippen molar-refractivity contribution in [3.8, 4) is 5.75 Å². The molecule has 0 radical (unpaired) electrons. The molecule has 0 aromatic heterocycles. The number of carbonyl (C=O) groups is 2. The van der Waals surface area contributed by atoms with Crippen molar-refractivity contribution in [3.63, 3.8) is 0 Å². The van der Waals surface area contributed by atoms with Gasteiger partial charge in [0.1, 0.15) is 17.7 Å². The van der Waals surface area contributed by atoms with E-state index in [-0.39, 0.29) is 24.3 Å². The topological polar surface area (TPSA) is 78.9 Å². The molecule has 2 amide bonds. The molecule has 2 aromatic rings. The first-order valence-corrected chi connectivity index (χ1v) is 11.1. The molecule has 3 rings (SSSR count). The summed E-state index contributed by atoms with van der Waals surface area (Å²) in [5.41, 5.74) is 0.713. The number of likely N-dealkylation sites (tertiary alicyclic amines) is 1. The van der Waals surface area contributed by atoms with Crippen LogP contribution in [0, 0.1) is 5.82 Å². The van der Waals surface area contributed by atoms with E-state index >= 15 is 0 Å². The molecule has 2 aromatic carbocycles. The van der Waals surface area contributed by atoms with Gasteiger partial charge in [0.15, 0.2) is 0 Å². The van der Waals surface area contributed by atoms with Crippen LogP contribution in [0.1, 0.15) is 42.1 Å². The zero-order valence-corrected chi connectivity index (χ0v) is 19.2. The fourth-order valence-corrected chi connectivity index (χ4v) is 4.15. The summed E-state index contributed by atoms with van der Waals surface area (Å²) in [7, 11) is 0. The Morgan fingerprint density at radius 2 is 2.03 bits per heavy atom. The average molecular weight is 514 g/mol. The van der Waals surface area contributed by atoms with Crippen molar-refractivity contribution < 1.29 is 23.8 Å². The maximum absolute atomic E-state index is 14.5. The van der Waals surface area contributed by atoms with Crippen molar-refractivity contribution in [2.24, 2.45) is 0 Å². The van der Waals surface area contributed by atoms with Crippen LogP contribution < -0.4 is 10.1 Å². The number of carboxylic acid groups (broad SMARTS) is 1. The lowest BCUT2D eigenvalue weighted by Gasteiger charge is -2.37. The molecule has 1 aliphatic rings. The van der Waals surface area contributed by atoms with Crippen LogP contribution in [0.2, 0.25) is 5.02 Å². The molecule has 0 unspecified atom stereocenters. The molecule has 31 heavy (non-hydrogen) atoms. The highest BCUT2D eigenvalue weighted by Crippen LogP contribution is 2.32. The number of hydrogen-bond donors (Lipinski definition) is 2. The van der Waals surface area contributed by atoms with Crippen LogP contribution in [-0.2, 0) is 6.54 Å². The monoisotopic (exact) mass is 512 g/mol. The number of amides is 2. The van der Waals surface area contributed by atoms with E-state index < -0.39 is 17.8 Å². The second-order valence-corrected chi connectivity index (χ2v) is 8.66. The molecule has 1 fully saturated rings. The van der Waals surface area contributed by atoms with Crippen molar-refractivity contribution in [2.75, 3.05) is 6.54 Å². The summed E-state index contributed by atoms with van der Waals surface area (Å²) in [5.74, 6) is -0.876. The van der Waals surface area contributed by atoms with Gasteiger partial charge in [-0.05, 0) is 52.2 Å². The van der Waals surface area contributed by atoms with Gasteiger partial charge in [-0.3, -0.25) is 4.79 Å². The largest absolute Gasteiger partial charge is 0.489 e. The van der Waals surface area contributed by atoms with E-state index in [0.29, 0.717) is 41.1 Å². The Hall–Kier alpha value is -2.32. The number of piperidine rings is 1. The Morgan fingerprint density at radius 3 is 2.68 bits per heavy atom. The van der Waals surface area contributed by atoms with Crippen LogP contribution in [0.3, 0.4) is 0 Å². The second kappa shape index (κ2) is 10.3. The number of nitrogens with one attached hydrogen (secondary N) is 1. The molecule has 166 valence electrons. The SMILES string of the molecule is CC[C@@H]1C[C@@H](Oc2cc(C(=O)NCc3ccc(Cl)cc3)c(F)cc2Br)CCN1C(=O)O. The van der Waals surface area contributed by atoms with Crippen molar-refractivity contribution in [2.45, 2.75) is 44.9 Å². The molecular formula is C22H23BrClFN2O4. The van der Waals surface area contributed by atoms with Gasteiger partial charge in [-0.2, -0.15) is 0 Å². The summed E-state index contributed by atoms with van der Waals surface area (Å²) in [4.78, 5) is 25.3. The molecule has 2 N–H and O–H groups in total. The predicted molar refractivity (Wildman–Crippen MR) is 119 cm³/mol. The molecule has 0 bridgehead atoms. The van der Waals surface area contributed by atoms with Gasteiger partial charge in [-0.1, -0.05) is 30.7 Å². The van der Waals surface area contributed by atoms with E-state index in [1.54, 1.807) is 24.3 Å². The highest BCUT2D eigenvalue weighted by molar-refractivity contribution is 9.10. The lowest BCUT2D eigenvalue weighted by atomic mass is 9.98. The number of rotatable bonds is 6. The first-order valence-electron chi connectivity index (χ1n) is 9.96. The zero-order valence-electron chi connectivity index (χ0n) is 16.9. The van der Waals surface area contributed by atoms with Crippen LogP contribution in [0.4, 0.5) is 9.18 Å². The first kappa shape index (κ1) is 23.3. The number of carbonyl (C=O) groups excluding carboxylic acids is 1. The minimum Gasteiger partial charge on any atom is -0.489 e. The Labute approximate surface area is 193 Å². The van der Waals surface area contributed by atoms with Crippen molar-refractivity contribution in [1.29, 1.82) is 0 Å². The molecule has 1 aliphatic heterocycles. The summed E-state index contributed by atoms with van der Waals surface area (Å²) in [6.07, 6.45) is 0.560. The number of halogens is 3. The lowest BCUT2D eigenvalue weighted by Crippen LogP contribution is -2.48. The van der Waals surface area contributed by atoms with Gasteiger partial charge < -0.3 is 20.1 Å². The molecule has 0 aliphatic carbocycles. The molecule has 1 heterocycles. The minimum atomic E-state index is -0.937. The number of hydrogen-bond acceptors (Lipinski definition) is 3. The summed E-state index contributed by atoms with van der Waals surface area (Å²) in [6.45, 7) is 2.53. The standard InChI is InChI=1S/C22H23BrClFN2O4/c1-2-15-9-16(7-8-27(15)22(29)30)31-20-10-17(19(25)11-18(20)23)21(28)26-12-13-3-5-14(24)6-4-13/h3-6,10-11,15-16H,2,7-9,12H2,1H3,(H,26,28)(H,29,30)/t15-,16+/m1/s1. The molecule has 0 saturated carbocycles. The third-order valence-electron chi connectivity index (χ3n) is 5.31. The molecule has 2 atom stereocenters. The predicted octanol–water partition coefficient (Wildman–Crippen LogP) is 5.47. The van der Waals surface area contributed by atoms with Gasteiger partial charge >= 0.3 is 6.09 Å². The summed E-state index contributed by atoms with van der Waals surface area (Å²) >= 11 is 9.15. The fraction of sp³-hybridized carbons (Fsp3) is 0.364. The number of nitrogens with zero attached hydrogens (tertiary/aromatic N) is 1. The molecule has 0 spiro atoms. The Balaban J connectivity index is 1.69. The summed E-state index contributed by atoms with van der Waals surface area (Å²) < 4.78 is 20.9. The zero-order chi connectivity index (χ0) is 22.5. The van der Waals surface area contributed by atoms with Gasteiger partial charge in [0.25, 0.3) is 5.91 Å². The molecule has 9 heteroatoms. The first-order chi connectivity index (χ1) is 14.8. The van der Waals surface area contributed by atoms with Gasteiger partial charge in [0, 0.05) is 37.0 Å². The maximum atomic E-state index is 14.5. The smallest absolute Gasteiger partial charge is 0.407 e. The Morgan fingerprint density at radius 1 is 1.32 bits per heavy atom. The van der Waals surface area contributed by atoms with Crippen LogP contribution in [-0.4, -0.2) is 40.7 Å². The van der Waals surface area contributed by atoms with Gasteiger partial charge in [0.2, 0.25) is 0 Å². The minimum absolute atomic E-state index is 0.123. The van der Waals surface area contributed by atoms with E-state index in [2.05, 4.69) is 21.2 Å². The molecule has 1 saturated heterocycles. The Bertz CT molecular complexity index is 957. The van der Waals surface area contributed by atoms with Crippen molar-refractivity contribution in [1.82, 2.24) is 10.2 Å². The van der Waals surface area contributed by atoms with Crippen molar-refractivity contribution >= 4 is 39.5 Å². The fourth-order valence-electron chi connectivity index (χ4n) is 3.61. The van der Waals surface area contributed by atoms with E-state index in [1.807, 2.05) is 6.92 Å². The van der Waals surface area contributed by atoms with Crippen LogP contribution in [0.5, 0.6) is 5.75 Å². The maximum Gasteiger partial charge on any atom is 0.407 e. The second-order valence-electron chi connectivity index (χ2n) is 7.37. The number of benzene rings is 2. The van der Waals surface area contributed by atoms with Gasteiger partial charge in [-0.15, -0.1) is 0 Å². The van der Waals surface area contributed by atoms with Gasteiger partial charge in [0.05, 0.1) is 10.0 Å². The van der Waals surface area contributed by atoms with Crippen LogP contribution >= 0.6 is 27.5 Å². The van der Waals surface area contributed by atoms with E-state index in [4.69, 9.17) is 16.3 Å². The third kappa shape index (κ3) is 5.89. The van der Waals surface area contributed by atoms with Crippen LogP contribution in [0.15, 0.2) is 40.9 Å². The van der Waals surface area contributed by atoms with E-state index in [0.717, 1.165) is 5.56 Å². The number of ether oxygens (including phenoxy) is 1. The highest BCUT2D eigenvalue weighted by Gasteiger charge is 2.32. The lowest BCUT2D eigenvalue weighted by molar-refractivity contribution is 0.0526. The normalized spacial score (nSPS) is 18.5. The van der Waals surface area contributed by atoms with Crippen molar-refractivity contribution in [3.05, 3.63) is 62.8 Å². The summed E-state index contributed by atoms with van der Waals surface area (Å²) in [6, 6.07) is 9.43. The van der Waals surface area contributed by atoms with E-state index in [1.165, 1.54) is 17.0 Å². The Kier molecular flexibility index (Phi) is 7.78. The summed E-state index contributed by atoms with van der Waals surface area (Å²) in [5, 5.41) is 12.6. The third-order valence-corrected chi connectivity index (χ3v) is 6.18. The van der Waals surface area contributed by atoms with E-state index in [9.17, 15) is 19.1 Å². The highest BCUT2D eigenvalue weighted by atomic mass is 79.9.